The number of carboxylic acid groups (broad SMARTS) is 1. The first-order valence-electron chi connectivity index (χ1n) is 10.2. The molecule has 4 aromatic rings. The van der Waals surface area contributed by atoms with Gasteiger partial charge in [0.05, 0.1) is 11.3 Å². The van der Waals surface area contributed by atoms with Crippen LogP contribution in [0.1, 0.15) is 39.8 Å². The van der Waals surface area contributed by atoms with Crippen LogP contribution < -0.4 is 10.1 Å². The van der Waals surface area contributed by atoms with Gasteiger partial charge < -0.3 is 15.2 Å². The molecule has 0 atom stereocenters. The molecule has 0 bridgehead atoms. The van der Waals surface area contributed by atoms with Crippen molar-refractivity contribution < 1.29 is 14.6 Å². The van der Waals surface area contributed by atoms with Crippen LogP contribution in [0, 0.1) is 6.92 Å². The van der Waals surface area contributed by atoms with Crippen LogP contribution in [0.25, 0.3) is 11.3 Å². The summed E-state index contributed by atoms with van der Waals surface area (Å²) in [5.41, 5.74) is 2.48. The molecule has 3 aromatic heterocycles. The molecular weight excluding hydrogens is 424 g/mol. The normalized spacial score (nSPS) is 13.0. The molecule has 7 nitrogen and oxygen atoms in total. The van der Waals surface area contributed by atoms with Crippen LogP contribution in [0.15, 0.2) is 60.8 Å². The second-order valence-electron chi connectivity index (χ2n) is 7.57. The van der Waals surface area contributed by atoms with Crippen LogP contribution in [-0.4, -0.2) is 26.0 Å². The SMILES string of the molecule is Cc1nc(Nc2cc(Oc3sc(C4CC4)nc3-c3ccccc3)ccn2)ccc1C(=O)O. The van der Waals surface area contributed by atoms with Crippen molar-refractivity contribution in [1.82, 2.24) is 15.0 Å². The Balaban J connectivity index is 1.40. The maximum absolute atomic E-state index is 11.2. The summed E-state index contributed by atoms with van der Waals surface area (Å²) in [6.07, 6.45) is 4.01. The smallest absolute Gasteiger partial charge is 0.337 e. The summed E-state index contributed by atoms with van der Waals surface area (Å²) >= 11 is 1.59. The number of aryl methyl sites for hydroxylation is 1. The number of ether oxygens (including phenoxy) is 1. The highest BCUT2D eigenvalue weighted by molar-refractivity contribution is 7.14. The molecule has 0 amide bonds. The third kappa shape index (κ3) is 4.31. The lowest BCUT2D eigenvalue weighted by atomic mass is 10.2. The van der Waals surface area contributed by atoms with Crippen LogP contribution in [0.5, 0.6) is 10.8 Å². The molecule has 5 rings (SSSR count). The van der Waals surface area contributed by atoms with Crippen LogP contribution in [0.2, 0.25) is 0 Å². The first kappa shape index (κ1) is 20.1. The number of hydrogen-bond donors (Lipinski definition) is 2. The van der Waals surface area contributed by atoms with Crippen molar-refractivity contribution in [3.05, 3.63) is 77.1 Å². The van der Waals surface area contributed by atoms with E-state index in [2.05, 4.69) is 15.3 Å². The van der Waals surface area contributed by atoms with E-state index in [4.69, 9.17) is 9.72 Å². The highest BCUT2D eigenvalue weighted by Gasteiger charge is 2.29. The highest BCUT2D eigenvalue weighted by Crippen LogP contribution is 2.48. The van der Waals surface area contributed by atoms with Gasteiger partial charge in [0.1, 0.15) is 28.1 Å². The molecule has 1 aliphatic rings. The molecule has 1 aliphatic carbocycles. The summed E-state index contributed by atoms with van der Waals surface area (Å²) in [6, 6.07) is 16.8. The van der Waals surface area contributed by atoms with E-state index in [0.29, 0.717) is 29.0 Å². The summed E-state index contributed by atoms with van der Waals surface area (Å²) in [5, 5.41) is 14.2. The van der Waals surface area contributed by atoms with Gasteiger partial charge in [0, 0.05) is 23.7 Å². The standard InChI is InChI=1S/C24H20N4O3S/c1-14-18(23(29)30)9-10-19(26-14)27-20-13-17(11-12-25-20)31-24-21(15-5-3-2-4-6-15)28-22(32-24)16-7-8-16/h2-6,9-13,16H,7-8H2,1H3,(H,29,30)(H,25,26,27). The molecule has 2 N–H and O–H groups in total. The summed E-state index contributed by atoms with van der Waals surface area (Å²) in [7, 11) is 0. The third-order valence-corrected chi connectivity index (χ3v) is 6.20. The number of aromatic nitrogens is 3. The molecule has 0 radical (unpaired) electrons. The minimum atomic E-state index is -1.00. The second kappa shape index (κ2) is 8.39. The van der Waals surface area contributed by atoms with Gasteiger partial charge in [-0.3, -0.25) is 0 Å². The fraction of sp³-hybridized carbons (Fsp3) is 0.167. The van der Waals surface area contributed by atoms with E-state index in [1.807, 2.05) is 30.3 Å². The van der Waals surface area contributed by atoms with E-state index >= 15 is 0 Å². The van der Waals surface area contributed by atoms with Crippen molar-refractivity contribution in [3.63, 3.8) is 0 Å². The monoisotopic (exact) mass is 444 g/mol. The Labute approximate surface area is 188 Å². The molecule has 8 heteroatoms. The van der Waals surface area contributed by atoms with Gasteiger partial charge >= 0.3 is 5.97 Å². The maximum atomic E-state index is 11.2. The number of carboxylic acids is 1. The maximum Gasteiger partial charge on any atom is 0.337 e. The Kier molecular flexibility index (Phi) is 5.28. The Morgan fingerprint density at radius 2 is 1.91 bits per heavy atom. The third-order valence-electron chi connectivity index (χ3n) is 5.10. The van der Waals surface area contributed by atoms with Gasteiger partial charge in [0.15, 0.2) is 0 Å². The van der Waals surface area contributed by atoms with E-state index < -0.39 is 5.97 Å². The zero-order valence-electron chi connectivity index (χ0n) is 17.3. The summed E-state index contributed by atoms with van der Waals surface area (Å²) in [5.74, 6) is 1.23. The van der Waals surface area contributed by atoms with Crippen LogP contribution in [0.3, 0.4) is 0 Å². The molecular formula is C24H20N4O3S. The fourth-order valence-corrected chi connectivity index (χ4v) is 4.44. The first-order chi connectivity index (χ1) is 15.6. The molecule has 0 unspecified atom stereocenters. The lowest BCUT2D eigenvalue weighted by Gasteiger charge is -2.09. The van der Waals surface area contributed by atoms with Crippen molar-refractivity contribution >= 4 is 28.9 Å². The molecule has 0 spiro atoms. The Hall–Kier alpha value is -3.78. The number of aromatic carboxylic acids is 1. The molecule has 0 saturated heterocycles. The van der Waals surface area contributed by atoms with Crippen molar-refractivity contribution in [2.75, 3.05) is 5.32 Å². The van der Waals surface area contributed by atoms with Crippen molar-refractivity contribution in [2.24, 2.45) is 0 Å². The predicted molar refractivity (Wildman–Crippen MR) is 123 cm³/mol. The van der Waals surface area contributed by atoms with E-state index in [1.165, 1.54) is 18.9 Å². The van der Waals surface area contributed by atoms with Crippen molar-refractivity contribution in [1.29, 1.82) is 0 Å². The number of carbonyl (C=O) groups is 1. The Bertz CT molecular complexity index is 1290. The largest absolute Gasteiger partial charge is 0.478 e. The Morgan fingerprint density at radius 1 is 1.09 bits per heavy atom. The van der Waals surface area contributed by atoms with Gasteiger partial charge in [0.2, 0.25) is 5.06 Å². The second-order valence-corrected chi connectivity index (χ2v) is 8.56. The molecule has 0 aliphatic heterocycles. The number of pyridine rings is 2. The fourth-order valence-electron chi connectivity index (χ4n) is 3.31. The van der Waals surface area contributed by atoms with Gasteiger partial charge in [-0.05, 0) is 38.0 Å². The number of thiazole rings is 1. The average molecular weight is 445 g/mol. The minimum absolute atomic E-state index is 0.172. The van der Waals surface area contributed by atoms with Gasteiger partial charge in [-0.15, -0.1) is 0 Å². The van der Waals surface area contributed by atoms with Crippen molar-refractivity contribution in [2.45, 2.75) is 25.7 Å². The topological polar surface area (TPSA) is 97.2 Å². The molecule has 160 valence electrons. The zero-order valence-corrected chi connectivity index (χ0v) is 18.1. The van der Waals surface area contributed by atoms with Gasteiger partial charge in [-0.1, -0.05) is 41.7 Å². The predicted octanol–water partition coefficient (Wildman–Crippen LogP) is 6.02. The lowest BCUT2D eigenvalue weighted by Crippen LogP contribution is -2.04. The molecule has 1 fully saturated rings. The number of hydrogen-bond acceptors (Lipinski definition) is 7. The number of rotatable bonds is 7. The first-order valence-corrected chi connectivity index (χ1v) is 11.1. The average Bonchev–Trinajstić information content (AvgIpc) is 3.55. The molecule has 32 heavy (non-hydrogen) atoms. The Morgan fingerprint density at radius 3 is 2.62 bits per heavy atom. The minimum Gasteiger partial charge on any atom is -0.478 e. The number of benzene rings is 1. The van der Waals surface area contributed by atoms with Crippen LogP contribution in [0.4, 0.5) is 11.6 Å². The van der Waals surface area contributed by atoms with Gasteiger partial charge in [-0.25, -0.2) is 19.7 Å². The summed E-state index contributed by atoms with van der Waals surface area (Å²) < 4.78 is 6.25. The van der Waals surface area contributed by atoms with Crippen molar-refractivity contribution in [3.8, 4) is 22.1 Å². The molecule has 1 saturated carbocycles. The van der Waals surface area contributed by atoms with Gasteiger partial charge in [0.25, 0.3) is 0 Å². The number of nitrogens with zero attached hydrogens (tertiary/aromatic N) is 3. The lowest BCUT2D eigenvalue weighted by molar-refractivity contribution is 0.0695. The molecule has 3 heterocycles. The number of nitrogens with one attached hydrogen (secondary N) is 1. The van der Waals surface area contributed by atoms with E-state index in [0.717, 1.165) is 21.3 Å². The van der Waals surface area contributed by atoms with E-state index in [1.54, 1.807) is 42.7 Å². The molecule has 1 aromatic carbocycles. The van der Waals surface area contributed by atoms with Gasteiger partial charge in [-0.2, -0.15) is 0 Å². The van der Waals surface area contributed by atoms with Crippen LogP contribution >= 0.6 is 11.3 Å². The highest BCUT2D eigenvalue weighted by atomic mass is 32.1. The summed E-state index contributed by atoms with van der Waals surface area (Å²) in [6.45, 7) is 1.66. The van der Waals surface area contributed by atoms with E-state index in [-0.39, 0.29) is 5.56 Å². The summed E-state index contributed by atoms with van der Waals surface area (Å²) in [4.78, 5) is 24.7. The zero-order chi connectivity index (χ0) is 22.1. The van der Waals surface area contributed by atoms with Crippen LogP contribution in [-0.2, 0) is 0 Å². The quantitative estimate of drug-likeness (QED) is 0.360. The number of anilines is 2. The van der Waals surface area contributed by atoms with E-state index in [9.17, 15) is 9.90 Å².